The average molecular weight is 249 g/mol. The van der Waals surface area contributed by atoms with Crippen molar-refractivity contribution in [2.75, 3.05) is 6.54 Å². The fourth-order valence-corrected chi connectivity index (χ4v) is 3.68. The molecule has 96 valence electrons. The number of hydrogen-bond acceptors (Lipinski definition) is 3. The summed E-state index contributed by atoms with van der Waals surface area (Å²) in [6, 6.07) is -0.00940. The molecule has 0 heterocycles. The van der Waals surface area contributed by atoms with Crippen LogP contribution in [0.15, 0.2) is 0 Å². The van der Waals surface area contributed by atoms with Crippen LogP contribution >= 0.6 is 0 Å². The maximum atomic E-state index is 11.8. The second-order valence-corrected chi connectivity index (χ2v) is 6.95. The normalized spacial score (nSPS) is 27.2. The Kier molecular flexibility index (Phi) is 4.34. The summed E-state index contributed by atoms with van der Waals surface area (Å²) in [6.07, 6.45) is 2.94. The van der Waals surface area contributed by atoms with Crippen molar-refractivity contribution in [1.82, 2.24) is 9.44 Å². The van der Waals surface area contributed by atoms with Gasteiger partial charge in [-0.3, -0.25) is 0 Å². The van der Waals surface area contributed by atoms with Crippen molar-refractivity contribution in [3.05, 3.63) is 0 Å². The van der Waals surface area contributed by atoms with Gasteiger partial charge < -0.3 is 5.73 Å². The molecule has 1 fully saturated rings. The Morgan fingerprint density at radius 1 is 1.31 bits per heavy atom. The van der Waals surface area contributed by atoms with E-state index in [1.54, 1.807) is 0 Å². The van der Waals surface area contributed by atoms with Crippen LogP contribution in [0.3, 0.4) is 0 Å². The highest BCUT2D eigenvalue weighted by Gasteiger charge is 2.30. The summed E-state index contributed by atoms with van der Waals surface area (Å²) < 4.78 is 28.9. The van der Waals surface area contributed by atoms with Gasteiger partial charge in [0.1, 0.15) is 0 Å². The van der Waals surface area contributed by atoms with Crippen molar-refractivity contribution in [3.8, 4) is 0 Å². The predicted octanol–water partition coefficient (Wildman–Crippen LogP) is 0.336. The van der Waals surface area contributed by atoms with E-state index in [9.17, 15) is 8.42 Å². The fourth-order valence-electron chi connectivity index (χ4n) is 2.11. The third kappa shape index (κ3) is 4.37. The number of rotatable bonds is 4. The van der Waals surface area contributed by atoms with Crippen molar-refractivity contribution < 1.29 is 8.42 Å². The first-order valence-corrected chi connectivity index (χ1v) is 7.23. The lowest BCUT2D eigenvalue weighted by molar-refractivity contribution is 0.434. The summed E-state index contributed by atoms with van der Waals surface area (Å²) in [5.74, 6) is 0.275. The maximum absolute atomic E-state index is 11.8. The molecule has 0 radical (unpaired) electrons. The molecule has 0 aliphatic heterocycles. The molecule has 1 rings (SSSR count). The lowest BCUT2D eigenvalue weighted by atomic mass is 10.1. The minimum atomic E-state index is -3.42. The summed E-state index contributed by atoms with van der Waals surface area (Å²) in [6.45, 7) is 6.01. The Balaban J connectivity index is 2.59. The molecule has 0 spiro atoms. The van der Waals surface area contributed by atoms with Crippen LogP contribution in [0.1, 0.15) is 40.0 Å². The summed E-state index contributed by atoms with van der Waals surface area (Å²) >= 11 is 0. The molecule has 1 aliphatic carbocycles. The molecule has 0 saturated heterocycles. The predicted molar refractivity (Wildman–Crippen MR) is 65.1 cm³/mol. The van der Waals surface area contributed by atoms with E-state index in [0.29, 0.717) is 6.54 Å². The van der Waals surface area contributed by atoms with Gasteiger partial charge in [0.2, 0.25) is 0 Å². The third-order valence-corrected chi connectivity index (χ3v) is 4.20. The second kappa shape index (κ2) is 5.00. The summed E-state index contributed by atoms with van der Waals surface area (Å²) in [5, 5.41) is 0. The molecule has 0 aromatic heterocycles. The Labute approximate surface area is 98.4 Å². The van der Waals surface area contributed by atoms with Crippen LogP contribution < -0.4 is 15.2 Å². The standard InChI is InChI=1S/C10H23N3O2S/c1-10(2,3)13-16(14,15)12-9-6-4-5-8(9)7-11/h8-9,12-13H,4-7,11H2,1-3H3. The largest absolute Gasteiger partial charge is 0.330 e. The van der Waals surface area contributed by atoms with E-state index in [0.717, 1.165) is 19.3 Å². The monoisotopic (exact) mass is 249 g/mol. The summed E-state index contributed by atoms with van der Waals surface area (Å²) in [7, 11) is -3.42. The SMILES string of the molecule is CC(C)(C)NS(=O)(=O)NC1CCCC1CN. The molecular weight excluding hydrogens is 226 g/mol. The van der Waals surface area contributed by atoms with Crippen LogP contribution in [0, 0.1) is 5.92 Å². The molecule has 0 aromatic rings. The van der Waals surface area contributed by atoms with Gasteiger partial charge >= 0.3 is 0 Å². The molecule has 1 aliphatic rings. The molecule has 6 heteroatoms. The van der Waals surface area contributed by atoms with Crippen LogP contribution in [-0.4, -0.2) is 26.5 Å². The van der Waals surface area contributed by atoms with Gasteiger partial charge in [-0.15, -0.1) is 0 Å². The molecule has 0 bridgehead atoms. The lowest BCUT2D eigenvalue weighted by Crippen LogP contribution is -2.51. The van der Waals surface area contributed by atoms with Gasteiger partial charge in [-0.05, 0) is 46.1 Å². The molecule has 1 saturated carbocycles. The molecule has 0 amide bonds. The first kappa shape index (κ1) is 13.9. The van der Waals surface area contributed by atoms with Gasteiger partial charge in [-0.1, -0.05) is 6.42 Å². The van der Waals surface area contributed by atoms with Crippen molar-refractivity contribution in [3.63, 3.8) is 0 Å². The van der Waals surface area contributed by atoms with Crippen molar-refractivity contribution in [2.45, 2.75) is 51.6 Å². The van der Waals surface area contributed by atoms with Crippen LogP contribution in [0.4, 0.5) is 0 Å². The van der Waals surface area contributed by atoms with E-state index >= 15 is 0 Å². The van der Waals surface area contributed by atoms with E-state index in [1.807, 2.05) is 20.8 Å². The van der Waals surface area contributed by atoms with E-state index < -0.39 is 15.7 Å². The zero-order valence-corrected chi connectivity index (χ0v) is 11.1. The van der Waals surface area contributed by atoms with E-state index in [1.165, 1.54) is 0 Å². The first-order chi connectivity index (χ1) is 7.23. The highest BCUT2D eigenvalue weighted by Crippen LogP contribution is 2.25. The van der Waals surface area contributed by atoms with Crippen LogP contribution in [0.25, 0.3) is 0 Å². The lowest BCUT2D eigenvalue weighted by Gasteiger charge is -2.24. The Hall–Kier alpha value is -0.170. The van der Waals surface area contributed by atoms with Crippen molar-refractivity contribution in [1.29, 1.82) is 0 Å². The minimum Gasteiger partial charge on any atom is -0.330 e. The van der Waals surface area contributed by atoms with Crippen molar-refractivity contribution in [2.24, 2.45) is 11.7 Å². The quantitative estimate of drug-likeness (QED) is 0.671. The maximum Gasteiger partial charge on any atom is 0.277 e. The highest BCUT2D eigenvalue weighted by atomic mass is 32.2. The number of nitrogens with one attached hydrogen (secondary N) is 2. The Bertz CT molecular complexity index is 321. The molecule has 5 nitrogen and oxygen atoms in total. The zero-order chi connectivity index (χ0) is 12.4. The van der Waals surface area contributed by atoms with Crippen LogP contribution in [-0.2, 0) is 10.2 Å². The van der Waals surface area contributed by atoms with Gasteiger partial charge in [0, 0.05) is 11.6 Å². The Morgan fingerprint density at radius 2 is 1.94 bits per heavy atom. The molecular formula is C10H23N3O2S. The topological polar surface area (TPSA) is 84.2 Å². The van der Waals surface area contributed by atoms with E-state index in [4.69, 9.17) is 5.73 Å². The minimum absolute atomic E-state index is 0.00940. The molecule has 4 N–H and O–H groups in total. The molecule has 16 heavy (non-hydrogen) atoms. The van der Waals surface area contributed by atoms with Gasteiger partial charge in [-0.2, -0.15) is 17.9 Å². The number of nitrogens with two attached hydrogens (primary N) is 1. The zero-order valence-electron chi connectivity index (χ0n) is 10.3. The van der Waals surface area contributed by atoms with Gasteiger partial charge in [-0.25, -0.2) is 0 Å². The van der Waals surface area contributed by atoms with Gasteiger partial charge in [0.15, 0.2) is 0 Å². The van der Waals surface area contributed by atoms with Gasteiger partial charge in [0.05, 0.1) is 0 Å². The molecule has 2 unspecified atom stereocenters. The third-order valence-electron chi connectivity index (χ3n) is 2.71. The molecule has 2 atom stereocenters. The fraction of sp³-hybridized carbons (Fsp3) is 1.00. The van der Waals surface area contributed by atoms with Crippen LogP contribution in [0.5, 0.6) is 0 Å². The number of hydrogen-bond donors (Lipinski definition) is 3. The Morgan fingerprint density at radius 3 is 2.44 bits per heavy atom. The average Bonchev–Trinajstić information content (AvgIpc) is 2.45. The van der Waals surface area contributed by atoms with Gasteiger partial charge in [0.25, 0.3) is 10.2 Å². The highest BCUT2D eigenvalue weighted by molar-refractivity contribution is 7.87. The van der Waals surface area contributed by atoms with E-state index in [-0.39, 0.29) is 12.0 Å². The summed E-state index contributed by atoms with van der Waals surface area (Å²) in [4.78, 5) is 0. The smallest absolute Gasteiger partial charge is 0.277 e. The molecule has 0 aromatic carbocycles. The van der Waals surface area contributed by atoms with Crippen LogP contribution in [0.2, 0.25) is 0 Å². The van der Waals surface area contributed by atoms with Crippen molar-refractivity contribution >= 4 is 10.2 Å². The first-order valence-electron chi connectivity index (χ1n) is 5.75. The second-order valence-electron chi connectivity index (χ2n) is 5.51. The summed E-state index contributed by atoms with van der Waals surface area (Å²) in [5.41, 5.74) is 5.16. The van der Waals surface area contributed by atoms with E-state index in [2.05, 4.69) is 9.44 Å².